The Morgan fingerprint density at radius 3 is 2.45 bits per heavy atom. The first-order valence-corrected chi connectivity index (χ1v) is 4.11. The minimum atomic E-state index is -0.522. The van der Waals surface area contributed by atoms with Crippen LogP contribution in [0.5, 0.6) is 0 Å². The zero-order valence-corrected chi connectivity index (χ0v) is 7.01. The molecule has 1 aromatic carbocycles. The van der Waals surface area contributed by atoms with E-state index in [1.807, 2.05) is 12.1 Å². The van der Waals surface area contributed by atoms with E-state index < -0.39 is 6.10 Å². The van der Waals surface area contributed by atoms with E-state index in [0.717, 1.165) is 5.56 Å². The Labute approximate surface area is 70.1 Å². The Hall–Kier alpha value is -0.510. The van der Waals surface area contributed by atoms with E-state index >= 15 is 0 Å². The largest absolute Gasteiger partial charge is 0.389 e. The summed E-state index contributed by atoms with van der Waals surface area (Å²) in [5.74, 6) is 0. The SMILES string of the molecule is CC(O)c1ccccc1SO. The number of hydrogen-bond donors (Lipinski definition) is 2. The molecule has 3 heteroatoms. The molecule has 11 heavy (non-hydrogen) atoms. The van der Waals surface area contributed by atoms with Crippen molar-refractivity contribution < 1.29 is 9.66 Å². The fourth-order valence-corrected chi connectivity index (χ4v) is 1.39. The van der Waals surface area contributed by atoms with E-state index in [4.69, 9.17) is 4.55 Å². The summed E-state index contributed by atoms with van der Waals surface area (Å²) >= 11 is 0.664. The van der Waals surface area contributed by atoms with Crippen LogP contribution in [0.2, 0.25) is 0 Å². The van der Waals surface area contributed by atoms with Crippen LogP contribution in [0.3, 0.4) is 0 Å². The molecule has 0 bridgehead atoms. The molecule has 0 fully saturated rings. The standard InChI is InChI=1S/C8H10O2S/c1-6(9)7-4-2-3-5-8(7)11-10/h2-6,9-10H,1H3. The molecule has 0 aromatic heterocycles. The topological polar surface area (TPSA) is 40.5 Å². The lowest BCUT2D eigenvalue weighted by molar-refractivity contribution is 0.196. The van der Waals surface area contributed by atoms with Crippen LogP contribution in [-0.4, -0.2) is 9.66 Å². The highest BCUT2D eigenvalue weighted by atomic mass is 32.2. The third-order valence-electron chi connectivity index (χ3n) is 1.47. The lowest BCUT2D eigenvalue weighted by Gasteiger charge is -2.07. The molecule has 0 heterocycles. The second kappa shape index (κ2) is 3.76. The third-order valence-corrected chi connectivity index (χ3v) is 2.04. The van der Waals surface area contributed by atoms with Gasteiger partial charge in [-0.15, -0.1) is 0 Å². The second-order valence-corrected chi connectivity index (χ2v) is 2.93. The summed E-state index contributed by atoms with van der Waals surface area (Å²) in [6.07, 6.45) is -0.522. The smallest absolute Gasteiger partial charge is 0.0773 e. The van der Waals surface area contributed by atoms with Crippen LogP contribution < -0.4 is 0 Å². The molecule has 0 radical (unpaired) electrons. The Kier molecular flexibility index (Phi) is 2.93. The van der Waals surface area contributed by atoms with E-state index in [-0.39, 0.29) is 0 Å². The van der Waals surface area contributed by atoms with Gasteiger partial charge in [0.05, 0.1) is 6.10 Å². The van der Waals surface area contributed by atoms with Crippen LogP contribution in [0.4, 0.5) is 0 Å². The zero-order valence-electron chi connectivity index (χ0n) is 6.19. The molecule has 1 atom stereocenters. The summed E-state index contributed by atoms with van der Waals surface area (Å²) < 4.78 is 8.77. The Morgan fingerprint density at radius 2 is 2.00 bits per heavy atom. The van der Waals surface area contributed by atoms with Crippen molar-refractivity contribution >= 4 is 12.0 Å². The summed E-state index contributed by atoms with van der Waals surface area (Å²) in [5.41, 5.74) is 0.764. The molecule has 2 N–H and O–H groups in total. The number of aliphatic hydroxyl groups is 1. The second-order valence-electron chi connectivity index (χ2n) is 2.31. The quantitative estimate of drug-likeness (QED) is 0.669. The minimum Gasteiger partial charge on any atom is -0.389 e. The number of benzene rings is 1. The molecule has 1 rings (SSSR count). The Bertz CT molecular complexity index is 235. The molecule has 0 aliphatic carbocycles. The van der Waals surface area contributed by atoms with E-state index in [0.29, 0.717) is 16.9 Å². The molecule has 0 saturated heterocycles. The van der Waals surface area contributed by atoms with Gasteiger partial charge in [-0.3, -0.25) is 0 Å². The van der Waals surface area contributed by atoms with Crippen molar-refractivity contribution in [3.8, 4) is 0 Å². The molecule has 2 nitrogen and oxygen atoms in total. The first-order chi connectivity index (χ1) is 5.25. The molecule has 0 spiro atoms. The van der Waals surface area contributed by atoms with Crippen LogP contribution in [0, 0.1) is 0 Å². The van der Waals surface area contributed by atoms with Crippen molar-refractivity contribution in [2.24, 2.45) is 0 Å². The maximum Gasteiger partial charge on any atom is 0.0773 e. The van der Waals surface area contributed by atoms with E-state index in [1.54, 1.807) is 19.1 Å². The van der Waals surface area contributed by atoms with Crippen molar-refractivity contribution in [3.05, 3.63) is 29.8 Å². The molecule has 0 amide bonds. The number of rotatable bonds is 2. The molecular formula is C8H10O2S. The van der Waals surface area contributed by atoms with Crippen LogP contribution in [0.1, 0.15) is 18.6 Å². The van der Waals surface area contributed by atoms with E-state index in [1.165, 1.54) is 0 Å². The molecule has 0 saturated carbocycles. The van der Waals surface area contributed by atoms with Gasteiger partial charge in [0, 0.05) is 16.9 Å². The monoisotopic (exact) mass is 170 g/mol. The van der Waals surface area contributed by atoms with Crippen LogP contribution >= 0.6 is 12.0 Å². The zero-order chi connectivity index (χ0) is 8.27. The van der Waals surface area contributed by atoms with Crippen LogP contribution in [0.25, 0.3) is 0 Å². The highest BCUT2D eigenvalue weighted by Gasteiger charge is 2.05. The first kappa shape index (κ1) is 8.59. The predicted molar refractivity (Wildman–Crippen MR) is 45.6 cm³/mol. The molecule has 1 unspecified atom stereocenters. The predicted octanol–water partition coefficient (Wildman–Crippen LogP) is 2.31. The average molecular weight is 170 g/mol. The highest BCUT2D eigenvalue weighted by Crippen LogP contribution is 2.24. The lowest BCUT2D eigenvalue weighted by atomic mass is 10.1. The van der Waals surface area contributed by atoms with Gasteiger partial charge in [-0.2, -0.15) is 0 Å². The van der Waals surface area contributed by atoms with Gasteiger partial charge < -0.3 is 9.66 Å². The van der Waals surface area contributed by atoms with Crippen molar-refractivity contribution in [2.75, 3.05) is 0 Å². The molecule has 1 aromatic rings. The normalized spacial score (nSPS) is 13.0. The molecule has 60 valence electrons. The van der Waals surface area contributed by atoms with Gasteiger partial charge >= 0.3 is 0 Å². The van der Waals surface area contributed by atoms with E-state index in [9.17, 15) is 5.11 Å². The maximum absolute atomic E-state index is 9.21. The fraction of sp³-hybridized carbons (Fsp3) is 0.250. The van der Waals surface area contributed by atoms with Crippen molar-refractivity contribution in [3.63, 3.8) is 0 Å². The van der Waals surface area contributed by atoms with Gasteiger partial charge in [-0.05, 0) is 18.6 Å². The van der Waals surface area contributed by atoms with Gasteiger partial charge in [-0.1, -0.05) is 18.2 Å². The fourth-order valence-electron chi connectivity index (χ4n) is 0.909. The van der Waals surface area contributed by atoms with Crippen molar-refractivity contribution in [2.45, 2.75) is 17.9 Å². The molecule has 0 aliphatic heterocycles. The average Bonchev–Trinajstić information content (AvgIpc) is 2.04. The number of hydrogen-bond acceptors (Lipinski definition) is 3. The summed E-state index contributed by atoms with van der Waals surface area (Å²) in [5, 5.41) is 9.21. The van der Waals surface area contributed by atoms with Crippen molar-refractivity contribution in [1.82, 2.24) is 0 Å². The minimum absolute atomic E-state index is 0.522. The summed E-state index contributed by atoms with van der Waals surface area (Å²) in [7, 11) is 0. The lowest BCUT2D eigenvalue weighted by Crippen LogP contribution is -1.92. The van der Waals surface area contributed by atoms with Gasteiger partial charge in [0.15, 0.2) is 0 Å². The Morgan fingerprint density at radius 1 is 1.36 bits per heavy atom. The maximum atomic E-state index is 9.21. The van der Waals surface area contributed by atoms with Crippen LogP contribution in [0.15, 0.2) is 29.2 Å². The number of aliphatic hydroxyl groups excluding tert-OH is 1. The molecular weight excluding hydrogens is 160 g/mol. The first-order valence-electron chi connectivity index (χ1n) is 3.34. The summed E-state index contributed by atoms with van der Waals surface area (Å²) in [6.45, 7) is 1.68. The third kappa shape index (κ3) is 1.96. The molecule has 0 aliphatic rings. The Balaban J connectivity index is 3.02. The highest BCUT2D eigenvalue weighted by molar-refractivity contribution is 7.93. The van der Waals surface area contributed by atoms with Gasteiger partial charge in [0.25, 0.3) is 0 Å². The van der Waals surface area contributed by atoms with E-state index in [2.05, 4.69) is 0 Å². The summed E-state index contributed by atoms with van der Waals surface area (Å²) in [4.78, 5) is 0.711. The van der Waals surface area contributed by atoms with Gasteiger partial charge in [0.2, 0.25) is 0 Å². The summed E-state index contributed by atoms with van der Waals surface area (Å²) in [6, 6.07) is 7.22. The van der Waals surface area contributed by atoms with Crippen molar-refractivity contribution in [1.29, 1.82) is 0 Å². The van der Waals surface area contributed by atoms with Gasteiger partial charge in [0.1, 0.15) is 0 Å². The van der Waals surface area contributed by atoms with Crippen LogP contribution in [-0.2, 0) is 0 Å². The van der Waals surface area contributed by atoms with Gasteiger partial charge in [-0.25, -0.2) is 0 Å².